The maximum absolute atomic E-state index is 13.7. The van der Waals surface area contributed by atoms with Crippen LogP contribution in [0.25, 0.3) is 33.6 Å². The maximum Gasteiger partial charge on any atom is 0.269 e. The van der Waals surface area contributed by atoms with Crippen LogP contribution < -0.4 is 19.3 Å². The number of rotatable bonds is 13. The summed E-state index contributed by atoms with van der Waals surface area (Å²) in [6, 6.07) is 67.7. The van der Waals surface area contributed by atoms with Crippen molar-refractivity contribution in [3.8, 4) is 45.1 Å². The van der Waals surface area contributed by atoms with Gasteiger partial charge in [-0.25, -0.2) is 4.98 Å². The van der Waals surface area contributed by atoms with Crippen molar-refractivity contribution >= 4 is 34.6 Å². The van der Waals surface area contributed by atoms with E-state index in [1.807, 2.05) is 188 Å². The van der Waals surface area contributed by atoms with Gasteiger partial charge in [0.15, 0.2) is 13.2 Å². The van der Waals surface area contributed by atoms with Crippen LogP contribution in [0, 0.1) is 0 Å². The number of para-hydroxylation sites is 4. The summed E-state index contributed by atoms with van der Waals surface area (Å²) in [5.41, 5.74) is 8.15. The highest BCUT2D eigenvalue weighted by Gasteiger charge is 2.20. The smallest absolute Gasteiger partial charge is 0.269 e. The number of nitrogens with zero attached hydrogens (tertiary/aromatic N) is 3. The summed E-state index contributed by atoms with van der Waals surface area (Å²) in [6.45, 7) is -0.334. The van der Waals surface area contributed by atoms with Gasteiger partial charge in [-0.05, 0) is 96.1 Å². The maximum atomic E-state index is 13.7. The number of aromatic nitrogens is 1. The molecule has 58 heavy (non-hydrogen) atoms. The third-order valence-electron chi connectivity index (χ3n) is 9.47. The number of anilines is 4. The molecule has 7 nitrogen and oxygen atoms in total. The first-order chi connectivity index (χ1) is 28.6. The van der Waals surface area contributed by atoms with Gasteiger partial charge in [0.1, 0.15) is 11.5 Å². The van der Waals surface area contributed by atoms with Gasteiger partial charge in [0.2, 0.25) is 0 Å². The van der Waals surface area contributed by atoms with Gasteiger partial charge in [0.25, 0.3) is 11.8 Å². The monoisotopic (exact) mass is 757 g/mol. The molecule has 0 aliphatic carbocycles. The lowest BCUT2D eigenvalue weighted by Crippen LogP contribution is -2.30. The van der Waals surface area contributed by atoms with Crippen LogP contribution in [0.1, 0.15) is 0 Å². The topological polar surface area (TPSA) is 72.0 Å². The molecule has 282 valence electrons. The average Bonchev–Trinajstić information content (AvgIpc) is 3.29. The van der Waals surface area contributed by atoms with E-state index in [0.29, 0.717) is 11.5 Å². The van der Waals surface area contributed by atoms with Gasteiger partial charge in [0, 0.05) is 33.9 Å². The Kier molecular flexibility index (Phi) is 11.4. The summed E-state index contributed by atoms with van der Waals surface area (Å²) in [5, 5.41) is 0. The van der Waals surface area contributed by atoms with Crippen LogP contribution in [0.15, 0.2) is 212 Å². The molecule has 0 spiro atoms. The molecule has 8 aromatic rings. The molecule has 0 saturated carbocycles. The lowest BCUT2D eigenvalue weighted by atomic mass is 10.00. The lowest BCUT2D eigenvalue weighted by Gasteiger charge is -2.23. The van der Waals surface area contributed by atoms with Crippen molar-refractivity contribution in [2.45, 2.75) is 0 Å². The summed E-state index contributed by atoms with van der Waals surface area (Å²) >= 11 is 0. The Bertz CT molecular complexity index is 2370. The molecule has 0 bridgehead atoms. The minimum absolute atomic E-state index is 0.167. The predicted octanol–water partition coefficient (Wildman–Crippen LogP) is 11.6. The molecule has 1 heterocycles. The molecular weight excluding hydrogens is 719 g/mol. The Labute approximate surface area is 338 Å². The Hall–Kier alpha value is -7.77. The van der Waals surface area contributed by atoms with E-state index in [4.69, 9.17) is 14.5 Å². The van der Waals surface area contributed by atoms with Crippen LogP contribution in [-0.2, 0) is 9.59 Å². The summed E-state index contributed by atoms with van der Waals surface area (Å²) < 4.78 is 12.3. The van der Waals surface area contributed by atoms with Crippen LogP contribution in [0.4, 0.5) is 22.7 Å². The molecule has 0 aliphatic heterocycles. The fraction of sp³-hybridized carbons (Fsp3) is 0.0392. The number of benzene rings is 7. The number of pyridine rings is 1. The van der Waals surface area contributed by atoms with E-state index in [0.717, 1.165) is 56.4 Å². The third-order valence-corrected chi connectivity index (χ3v) is 9.47. The first-order valence-electron chi connectivity index (χ1n) is 19.0. The van der Waals surface area contributed by atoms with E-state index >= 15 is 0 Å². The number of hydrogen-bond acceptors (Lipinski definition) is 5. The quantitative estimate of drug-likeness (QED) is 0.117. The first kappa shape index (κ1) is 37.2. The molecule has 2 amide bonds. The SMILES string of the molecule is O=C(COc1cccc(-c2cc(-c3ccccc3)cc(-c3cccc(OCC(=O)N(c4ccccc4)c4ccccc4)c3)n2)c1)N(c1ccccc1)c1ccccc1. The number of amides is 2. The molecule has 7 aromatic carbocycles. The van der Waals surface area contributed by atoms with Crippen LogP contribution in [0.3, 0.4) is 0 Å². The van der Waals surface area contributed by atoms with E-state index in [2.05, 4.69) is 24.3 Å². The van der Waals surface area contributed by atoms with Crippen LogP contribution in [0.5, 0.6) is 11.5 Å². The van der Waals surface area contributed by atoms with E-state index in [1.54, 1.807) is 9.80 Å². The van der Waals surface area contributed by atoms with Crippen LogP contribution in [0.2, 0.25) is 0 Å². The van der Waals surface area contributed by atoms with Crippen molar-refractivity contribution in [2.24, 2.45) is 0 Å². The van der Waals surface area contributed by atoms with Crippen molar-refractivity contribution in [1.29, 1.82) is 0 Å². The largest absolute Gasteiger partial charge is 0.484 e. The second-order valence-corrected chi connectivity index (χ2v) is 13.4. The third kappa shape index (κ3) is 8.85. The highest BCUT2D eigenvalue weighted by Crippen LogP contribution is 2.33. The number of hydrogen-bond donors (Lipinski definition) is 0. The van der Waals surface area contributed by atoms with Gasteiger partial charge in [-0.2, -0.15) is 0 Å². The van der Waals surface area contributed by atoms with Gasteiger partial charge >= 0.3 is 0 Å². The highest BCUT2D eigenvalue weighted by molar-refractivity contribution is 6.02. The minimum Gasteiger partial charge on any atom is -0.484 e. The zero-order valence-electron chi connectivity index (χ0n) is 31.6. The van der Waals surface area contributed by atoms with Gasteiger partial charge in [-0.1, -0.05) is 127 Å². The normalized spacial score (nSPS) is 10.7. The lowest BCUT2D eigenvalue weighted by molar-refractivity contribution is -0.120. The van der Waals surface area contributed by atoms with Crippen molar-refractivity contribution in [3.63, 3.8) is 0 Å². The van der Waals surface area contributed by atoms with Crippen LogP contribution in [-0.4, -0.2) is 30.0 Å². The van der Waals surface area contributed by atoms with E-state index in [-0.39, 0.29) is 25.0 Å². The van der Waals surface area contributed by atoms with Gasteiger partial charge < -0.3 is 9.47 Å². The fourth-order valence-corrected chi connectivity index (χ4v) is 6.72. The average molecular weight is 758 g/mol. The van der Waals surface area contributed by atoms with E-state index < -0.39 is 0 Å². The molecule has 8 rings (SSSR count). The zero-order valence-corrected chi connectivity index (χ0v) is 31.6. The van der Waals surface area contributed by atoms with Crippen molar-refractivity contribution < 1.29 is 19.1 Å². The first-order valence-corrected chi connectivity index (χ1v) is 19.0. The molecule has 0 aliphatic rings. The van der Waals surface area contributed by atoms with Crippen molar-refractivity contribution in [1.82, 2.24) is 4.98 Å². The molecule has 0 radical (unpaired) electrons. The number of carbonyl (C=O) groups excluding carboxylic acids is 2. The predicted molar refractivity (Wildman–Crippen MR) is 232 cm³/mol. The van der Waals surface area contributed by atoms with E-state index in [1.165, 1.54) is 0 Å². The van der Waals surface area contributed by atoms with E-state index in [9.17, 15) is 9.59 Å². The highest BCUT2D eigenvalue weighted by atomic mass is 16.5. The summed E-state index contributed by atoms with van der Waals surface area (Å²) in [7, 11) is 0. The Morgan fingerprint density at radius 3 is 1.05 bits per heavy atom. The Balaban J connectivity index is 1.05. The molecule has 0 unspecified atom stereocenters. The van der Waals surface area contributed by atoms with Crippen LogP contribution >= 0.6 is 0 Å². The fourth-order valence-electron chi connectivity index (χ4n) is 6.72. The minimum atomic E-state index is -0.203. The van der Waals surface area contributed by atoms with Gasteiger partial charge in [0.05, 0.1) is 11.4 Å². The second kappa shape index (κ2) is 17.8. The summed E-state index contributed by atoms with van der Waals surface area (Å²) in [5.74, 6) is 0.679. The van der Waals surface area contributed by atoms with Crippen molar-refractivity contribution in [3.05, 3.63) is 212 Å². The summed E-state index contributed by atoms with van der Waals surface area (Å²) in [4.78, 5) is 35.9. The Morgan fingerprint density at radius 2 is 0.690 bits per heavy atom. The number of ether oxygens (including phenoxy) is 2. The van der Waals surface area contributed by atoms with Gasteiger partial charge in [-0.3, -0.25) is 19.4 Å². The molecule has 0 fully saturated rings. The second-order valence-electron chi connectivity index (χ2n) is 13.4. The molecule has 1 aromatic heterocycles. The van der Waals surface area contributed by atoms with Gasteiger partial charge in [-0.15, -0.1) is 0 Å². The molecule has 0 N–H and O–H groups in total. The number of carbonyl (C=O) groups is 2. The molecule has 0 saturated heterocycles. The zero-order chi connectivity index (χ0) is 39.5. The summed E-state index contributed by atoms with van der Waals surface area (Å²) in [6.07, 6.45) is 0. The molecule has 0 atom stereocenters. The van der Waals surface area contributed by atoms with Crippen molar-refractivity contribution in [2.75, 3.05) is 23.0 Å². The Morgan fingerprint density at radius 1 is 0.362 bits per heavy atom. The standard InChI is InChI=1S/C51H39N3O4/c55-50(53(42-22-8-2-9-23-42)43-24-10-3-11-25-43)36-57-46-30-16-20-39(32-46)48-34-41(38-18-6-1-7-19-38)35-49(52-48)40-21-17-31-47(33-40)58-37-51(56)54(44-26-12-4-13-27-44)45-28-14-5-15-29-45/h1-35H,36-37H2. The molecular formula is C51H39N3O4. The molecule has 7 heteroatoms.